The fourth-order valence-corrected chi connectivity index (χ4v) is 2.49. The molecule has 1 aliphatic rings. The van der Waals surface area contributed by atoms with Crippen LogP contribution in [0, 0.1) is 0 Å². The maximum atomic E-state index is 6.07. The highest BCUT2D eigenvalue weighted by molar-refractivity contribution is 5.83. The lowest BCUT2D eigenvalue weighted by atomic mass is 10.0. The third-order valence-corrected chi connectivity index (χ3v) is 3.85. The molecule has 18 heavy (non-hydrogen) atoms. The van der Waals surface area contributed by atoms with Gasteiger partial charge < -0.3 is 10.1 Å². The van der Waals surface area contributed by atoms with Crippen molar-refractivity contribution < 1.29 is 4.74 Å². The smallest absolute Gasteiger partial charge is 0.0953 e. The summed E-state index contributed by atoms with van der Waals surface area (Å²) in [6, 6.07) is 15.5. The molecule has 0 saturated carbocycles. The first-order chi connectivity index (χ1) is 8.74. The third-order valence-electron chi connectivity index (χ3n) is 3.85. The second kappa shape index (κ2) is 4.71. The van der Waals surface area contributed by atoms with E-state index in [-0.39, 0.29) is 12.2 Å². The van der Waals surface area contributed by atoms with Crippen LogP contribution in [0.2, 0.25) is 0 Å². The van der Waals surface area contributed by atoms with Gasteiger partial charge >= 0.3 is 0 Å². The Bertz CT molecular complexity index is 552. The van der Waals surface area contributed by atoms with E-state index in [9.17, 15) is 0 Å². The molecule has 2 nitrogen and oxygen atoms in total. The van der Waals surface area contributed by atoms with Crippen LogP contribution in [0.25, 0.3) is 10.8 Å². The number of fused-ring (bicyclic) bond motifs is 1. The molecule has 0 aromatic heterocycles. The monoisotopic (exact) mass is 241 g/mol. The fourth-order valence-electron chi connectivity index (χ4n) is 2.49. The van der Waals surface area contributed by atoms with Gasteiger partial charge in [-0.25, -0.2) is 0 Å². The molecule has 1 saturated heterocycles. The zero-order chi connectivity index (χ0) is 12.5. The molecule has 2 aromatic carbocycles. The Hall–Kier alpha value is -1.38. The van der Waals surface area contributed by atoms with E-state index in [0.717, 1.165) is 6.54 Å². The molecule has 0 aliphatic carbocycles. The number of morpholine rings is 1. The number of hydrogen-bond donors (Lipinski definition) is 1. The van der Waals surface area contributed by atoms with Gasteiger partial charge in [-0.15, -0.1) is 0 Å². The molecule has 0 bridgehead atoms. The van der Waals surface area contributed by atoms with E-state index in [2.05, 4.69) is 61.6 Å². The van der Waals surface area contributed by atoms with E-state index in [0.29, 0.717) is 6.04 Å². The van der Waals surface area contributed by atoms with Crippen LogP contribution in [0.5, 0.6) is 0 Å². The van der Waals surface area contributed by atoms with Crippen molar-refractivity contribution in [3.8, 4) is 0 Å². The van der Waals surface area contributed by atoms with Crippen molar-refractivity contribution in [3.05, 3.63) is 48.0 Å². The first kappa shape index (κ1) is 11.7. The van der Waals surface area contributed by atoms with Crippen molar-refractivity contribution >= 4 is 10.8 Å². The molecule has 2 heteroatoms. The summed E-state index contributed by atoms with van der Waals surface area (Å²) < 4.78 is 6.07. The van der Waals surface area contributed by atoms with Crippen molar-refractivity contribution in [2.75, 3.05) is 6.54 Å². The van der Waals surface area contributed by atoms with E-state index in [1.807, 2.05) is 0 Å². The van der Waals surface area contributed by atoms with Gasteiger partial charge in [0.25, 0.3) is 0 Å². The average Bonchev–Trinajstić information content (AvgIpc) is 2.41. The predicted octanol–water partition coefficient (Wildman–Crippen LogP) is 3.28. The highest BCUT2D eigenvalue weighted by atomic mass is 16.5. The molecule has 2 aromatic rings. The van der Waals surface area contributed by atoms with E-state index >= 15 is 0 Å². The topological polar surface area (TPSA) is 21.3 Å². The average molecular weight is 241 g/mol. The summed E-state index contributed by atoms with van der Waals surface area (Å²) in [5.41, 5.74) is 1.26. The molecule has 1 fully saturated rings. The van der Waals surface area contributed by atoms with Crippen LogP contribution in [-0.4, -0.2) is 18.7 Å². The standard InChI is InChI=1S/C16H19NO/c1-11-12(2)18-16(10-17-11)15-8-7-13-5-3-4-6-14(13)9-15/h3-9,11-12,16-17H,10H2,1-2H3. The maximum absolute atomic E-state index is 6.07. The molecule has 0 amide bonds. The van der Waals surface area contributed by atoms with Gasteiger partial charge in [0, 0.05) is 12.6 Å². The van der Waals surface area contributed by atoms with Gasteiger partial charge in [0.15, 0.2) is 0 Å². The number of ether oxygens (including phenoxy) is 1. The van der Waals surface area contributed by atoms with Crippen LogP contribution >= 0.6 is 0 Å². The number of nitrogens with one attached hydrogen (secondary N) is 1. The summed E-state index contributed by atoms with van der Waals surface area (Å²) >= 11 is 0. The Morgan fingerprint density at radius 3 is 2.61 bits per heavy atom. The van der Waals surface area contributed by atoms with E-state index in [1.165, 1.54) is 16.3 Å². The molecule has 1 heterocycles. The van der Waals surface area contributed by atoms with Gasteiger partial charge in [-0.3, -0.25) is 0 Å². The van der Waals surface area contributed by atoms with Crippen LogP contribution in [0.1, 0.15) is 25.5 Å². The molecule has 3 atom stereocenters. The quantitative estimate of drug-likeness (QED) is 0.827. The molecule has 0 spiro atoms. The minimum absolute atomic E-state index is 0.167. The predicted molar refractivity (Wildman–Crippen MR) is 74.7 cm³/mol. The lowest BCUT2D eigenvalue weighted by Crippen LogP contribution is -2.46. The van der Waals surface area contributed by atoms with E-state index < -0.39 is 0 Å². The second-order valence-electron chi connectivity index (χ2n) is 5.13. The lowest BCUT2D eigenvalue weighted by molar-refractivity contribution is -0.0508. The molecular weight excluding hydrogens is 222 g/mol. The second-order valence-corrected chi connectivity index (χ2v) is 5.13. The SMILES string of the molecule is CC1NCC(c2ccc3ccccc3c2)OC1C. The molecule has 3 rings (SSSR count). The minimum atomic E-state index is 0.167. The van der Waals surface area contributed by atoms with Crippen molar-refractivity contribution in [1.29, 1.82) is 0 Å². The zero-order valence-corrected chi connectivity index (χ0v) is 10.9. The van der Waals surface area contributed by atoms with Gasteiger partial charge in [-0.1, -0.05) is 36.4 Å². The Morgan fingerprint density at radius 2 is 1.83 bits per heavy atom. The number of hydrogen-bond acceptors (Lipinski definition) is 2. The lowest BCUT2D eigenvalue weighted by Gasteiger charge is -2.34. The van der Waals surface area contributed by atoms with Crippen LogP contribution in [-0.2, 0) is 4.74 Å². The van der Waals surface area contributed by atoms with Gasteiger partial charge in [0.1, 0.15) is 0 Å². The fraction of sp³-hybridized carbons (Fsp3) is 0.375. The molecular formula is C16H19NO. The van der Waals surface area contributed by atoms with Crippen molar-refractivity contribution in [2.24, 2.45) is 0 Å². The first-order valence-corrected chi connectivity index (χ1v) is 6.61. The van der Waals surface area contributed by atoms with Crippen LogP contribution in [0.4, 0.5) is 0 Å². The summed E-state index contributed by atoms with van der Waals surface area (Å²) in [7, 11) is 0. The van der Waals surface area contributed by atoms with Crippen LogP contribution in [0.3, 0.4) is 0 Å². The van der Waals surface area contributed by atoms with Crippen molar-refractivity contribution in [3.63, 3.8) is 0 Å². The minimum Gasteiger partial charge on any atom is -0.368 e. The van der Waals surface area contributed by atoms with Crippen molar-refractivity contribution in [2.45, 2.75) is 32.1 Å². The third kappa shape index (κ3) is 2.14. The summed E-state index contributed by atoms with van der Waals surface area (Å²) in [5.74, 6) is 0. The molecule has 1 N–H and O–H groups in total. The highest BCUT2D eigenvalue weighted by Gasteiger charge is 2.25. The van der Waals surface area contributed by atoms with E-state index in [4.69, 9.17) is 4.74 Å². The molecule has 94 valence electrons. The van der Waals surface area contributed by atoms with E-state index in [1.54, 1.807) is 0 Å². The summed E-state index contributed by atoms with van der Waals surface area (Å²) in [5, 5.41) is 6.07. The van der Waals surface area contributed by atoms with Gasteiger partial charge in [0.2, 0.25) is 0 Å². The zero-order valence-electron chi connectivity index (χ0n) is 10.9. The van der Waals surface area contributed by atoms with Crippen LogP contribution < -0.4 is 5.32 Å². The Labute approximate surface area is 108 Å². The number of rotatable bonds is 1. The van der Waals surface area contributed by atoms with Gasteiger partial charge in [0.05, 0.1) is 12.2 Å². The molecule has 3 unspecified atom stereocenters. The Balaban J connectivity index is 1.90. The Kier molecular flexibility index (Phi) is 3.06. The first-order valence-electron chi connectivity index (χ1n) is 6.61. The Morgan fingerprint density at radius 1 is 1.06 bits per heavy atom. The molecule has 1 aliphatic heterocycles. The van der Waals surface area contributed by atoms with Crippen LogP contribution in [0.15, 0.2) is 42.5 Å². The van der Waals surface area contributed by atoms with Gasteiger partial charge in [-0.05, 0) is 36.2 Å². The summed E-state index contributed by atoms with van der Waals surface area (Å²) in [4.78, 5) is 0. The summed E-state index contributed by atoms with van der Waals surface area (Å²) in [6.45, 7) is 5.19. The summed E-state index contributed by atoms with van der Waals surface area (Å²) in [6.07, 6.45) is 0.427. The van der Waals surface area contributed by atoms with Crippen molar-refractivity contribution in [1.82, 2.24) is 5.32 Å². The maximum Gasteiger partial charge on any atom is 0.0953 e. The van der Waals surface area contributed by atoms with Gasteiger partial charge in [-0.2, -0.15) is 0 Å². The molecule has 0 radical (unpaired) electrons. The highest BCUT2D eigenvalue weighted by Crippen LogP contribution is 2.26. The normalized spacial score (nSPS) is 28.4. The number of benzene rings is 2. The largest absolute Gasteiger partial charge is 0.368 e.